The van der Waals surface area contributed by atoms with Gasteiger partial charge in [0.05, 0.1) is 50.0 Å². The van der Waals surface area contributed by atoms with Gasteiger partial charge in [-0.25, -0.2) is 15.1 Å². The Hall–Kier alpha value is -3.73. The van der Waals surface area contributed by atoms with Gasteiger partial charge in [-0.2, -0.15) is 23.5 Å². The lowest BCUT2D eigenvalue weighted by Crippen LogP contribution is -2.49. The van der Waals surface area contributed by atoms with Gasteiger partial charge in [0.1, 0.15) is 17.5 Å². The number of aromatic amines is 1. The molecule has 2 aliphatic rings. The van der Waals surface area contributed by atoms with Crippen molar-refractivity contribution in [3.63, 3.8) is 0 Å². The molecule has 4 heterocycles. The first-order valence-electron chi connectivity index (χ1n) is 11.5. The van der Waals surface area contributed by atoms with Gasteiger partial charge in [0.15, 0.2) is 5.69 Å². The highest BCUT2D eigenvalue weighted by Crippen LogP contribution is 2.36. The van der Waals surface area contributed by atoms with Crippen LogP contribution in [-0.2, 0) is 15.7 Å². The molecule has 11 nitrogen and oxygen atoms in total. The van der Waals surface area contributed by atoms with Crippen molar-refractivity contribution in [3.05, 3.63) is 40.2 Å². The van der Waals surface area contributed by atoms with Crippen molar-refractivity contribution in [3.8, 4) is 6.07 Å². The number of nitrogens with one attached hydrogen (secondary N) is 1. The molecule has 36 heavy (non-hydrogen) atoms. The molecule has 0 aromatic carbocycles. The Morgan fingerprint density at radius 3 is 2.61 bits per heavy atom. The molecule has 2 saturated heterocycles. The SMILES string of the molecule is N#Cc1cnc(N2CCN(C(=O)CCOC[C@@H]3CCCN3c3cn[nH]c(=O)c3C(F)(F)F)CC2)cn1. The van der Waals surface area contributed by atoms with Crippen molar-refractivity contribution < 1.29 is 22.7 Å². The molecule has 1 amide bonds. The van der Waals surface area contributed by atoms with Gasteiger partial charge in [0.25, 0.3) is 5.56 Å². The van der Waals surface area contributed by atoms with E-state index in [-0.39, 0.29) is 43.0 Å². The molecule has 2 fully saturated rings. The number of nitrogens with zero attached hydrogens (tertiary/aromatic N) is 7. The molecule has 0 radical (unpaired) electrons. The van der Waals surface area contributed by atoms with E-state index in [9.17, 15) is 22.8 Å². The minimum atomic E-state index is -4.80. The molecule has 14 heteroatoms. The van der Waals surface area contributed by atoms with Gasteiger partial charge in [-0.15, -0.1) is 0 Å². The molecule has 0 unspecified atom stereocenters. The first-order valence-corrected chi connectivity index (χ1v) is 11.5. The fraction of sp³-hybridized carbons (Fsp3) is 0.545. The zero-order valence-corrected chi connectivity index (χ0v) is 19.4. The van der Waals surface area contributed by atoms with Crippen LogP contribution in [0.3, 0.4) is 0 Å². The Balaban J connectivity index is 1.24. The number of alkyl halides is 3. The molecule has 2 aromatic heterocycles. The van der Waals surface area contributed by atoms with E-state index in [4.69, 9.17) is 10.00 Å². The number of halogens is 3. The lowest BCUT2D eigenvalue weighted by atomic mass is 10.2. The number of piperazine rings is 1. The second-order valence-corrected chi connectivity index (χ2v) is 8.51. The molecule has 2 aromatic rings. The number of amides is 1. The van der Waals surface area contributed by atoms with Gasteiger partial charge in [-0.05, 0) is 12.8 Å². The summed E-state index contributed by atoms with van der Waals surface area (Å²) < 4.78 is 46.0. The van der Waals surface area contributed by atoms with Crippen LogP contribution in [0.2, 0.25) is 0 Å². The Bertz CT molecular complexity index is 1160. The third-order valence-corrected chi connectivity index (χ3v) is 6.29. The predicted molar refractivity (Wildman–Crippen MR) is 121 cm³/mol. The molecule has 2 aliphatic heterocycles. The van der Waals surface area contributed by atoms with Crippen LogP contribution in [0.25, 0.3) is 0 Å². The number of ether oxygens (including phenoxy) is 1. The highest BCUT2D eigenvalue weighted by atomic mass is 19.4. The molecular weight excluding hydrogens is 481 g/mol. The molecule has 0 aliphatic carbocycles. The number of hydrogen-bond donors (Lipinski definition) is 1. The number of aromatic nitrogens is 4. The Labute approximate surface area is 204 Å². The van der Waals surface area contributed by atoms with E-state index in [1.54, 1.807) is 4.90 Å². The number of nitriles is 1. The molecule has 1 atom stereocenters. The van der Waals surface area contributed by atoms with Crippen molar-refractivity contribution in [1.82, 2.24) is 25.1 Å². The topological polar surface area (TPSA) is 131 Å². The van der Waals surface area contributed by atoms with Crippen LogP contribution in [-0.4, -0.2) is 83.0 Å². The van der Waals surface area contributed by atoms with E-state index in [2.05, 4.69) is 15.1 Å². The van der Waals surface area contributed by atoms with Crippen LogP contribution in [0.1, 0.15) is 30.5 Å². The number of hydrogen-bond acceptors (Lipinski definition) is 9. The van der Waals surface area contributed by atoms with Crippen molar-refractivity contribution >= 4 is 17.4 Å². The van der Waals surface area contributed by atoms with E-state index >= 15 is 0 Å². The summed E-state index contributed by atoms with van der Waals surface area (Å²) in [5, 5.41) is 14.2. The largest absolute Gasteiger partial charge is 0.423 e. The van der Waals surface area contributed by atoms with Gasteiger partial charge in [0, 0.05) is 32.7 Å². The van der Waals surface area contributed by atoms with Gasteiger partial charge < -0.3 is 19.4 Å². The highest BCUT2D eigenvalue weighted by molar-refractivity contribution is 5.76. The summed E-state index contributed by atoms with van der Waals surface area (Å²) >= 11 is 0. The molecule has 192 valence electrons. The van der Waals surface area contributed by atoms with Gasteiger partial charge >= 0.3 is 6.18 Å². The normalized spacial score (nSPS) is 18.4. The van der Waals surface area contributed by atoms with Gasteiger partial charge in [-0.3, -0.25) is 9.59 Å². The molecule has 0 spiro atoms. The van der Waals surface area contributed by atoms with Crippen LogP contribution in [0, 0.1) is 11.3 Å². The van der Waals surface area contributed by atoms with Crippen LogP contribution in [0.5, 0.6) is 0 Å². The third kappa shape index (κ3) is 5.73. The lowest BCUT2D eigenvalue weighted by molar-refractivity contribution is -0.138. The molecule has 4 rings (SSSR count). The standard InChI is InChI=1S/C22H25F3N8O3/c23-22(24,25)20-17(12-29-30-21(20)35)33-4-1-2-16(33)14-36-9-3-19(34)32-7-5-31(6-8-32)18-13-27-15(10-26)11-28-18/h11-13,16H,1-9,14H2,(H,30,35)/t16-/m0/s1. The minimum Gasteiger partial charge on any atom is -0.379 e. The lowest BCUT2D eigenvalue weighted by Gasteiger charge is -2.35. The number of carbonyl (C=O) groups is 1. The van der Waals surface area contributed by atoms with Crippen LogP contribution >= 0.6 is 0 Å². The van der Waals surface area contributed by atoms with Crippen molar-refractivity contribution in [2.24, 2.45) is 0 Å². The first-order chi connectivity index (χ1) is 17.3. The summed E-state index contributed by atoms with van der Waals surface area (Å²) in [4.78, 5) is 37.9. The average molecular weight is 506 g/mol. The maximum Gasteiger partial charge on any atom is 0.423 e. The molecule has 0 saturated carbocycles. The van der Waals surface area contributed by atoms with Gasteiger partial charge in [-0.1, -0.05) is 0 Å². The Kier molecular flexibility index (Phi) is 7.68. The van der Waals surface area contributed by atoms with Crippen LogP contribution < -0.4 is 15.4 Å². The quantitative estimate of drug-likeness (QED) is 0.550. The van der Waals surface area contributed by atoms with Crippen molar-refractivity contribution in [1.29, 1.82) is 5.26 Å². The average Bonchev–Trinajstić information content (AvgIpc) is 3.34. The monoisotopic (exact) mass is 506 g/mol. The predicted octanol–water partition coefficient (Wildman–Crippen LogP) is 1.17. The third-order valence-electron chi connectivity index (χ3n) is 6.29. The first kappa shape index (κ1) is 25.4. The summed E-state index contributed by atoms with van der Waals surface area (Å²) in [6.45, 7) is 2.81. The van der Waals surface area contributed by atoms with Crippen molar-refractivity contribution in [2.45, 2.75) is 31.5 Å². The summed E-state index contributed by atoms with van der Waals surface area (Å²) in [5.74, 6) is 0.580. The summed E-state index contributed by atoms with van der Waals surface area (Å²) in [7, 11) is 0. The van der Waals surface area contributed by atoms with Crippen LogP contribution in [0.15, 0.2) is 23.4 Å². The second-order valence-electron chi connectivity index (χ2n) is 8.51. The molecule has 1 N–H and O–H groups in total. The molecule has 0 bridgehead atoms. The van der Waals surface area contributed by atoms with Crippen LogP contribution in [0.4, 0.5) is 24.7 Å². The second kappa shape index (κ2) is 10.9. The summed E-state index contributed by atoms with van der Waals surface area (Å²) in [5.41, 5.74) is -2.55. The Morgan fingerprint density at radius 1 is 1.17 bits per heavy atom. The maximum absolute atomic E-state index is 13.4. The number of rotatable bonds is 7. The summed E-state index contributed by atoms with van der Waals surface area (Å²) in [6, 6.07) is 1.58. The number of carbonyl (C=O) groups excluding carboxylic acids is 1. The van der Waals surface area contributed by atoms with E-state index in [0.717, 1.165) is 6.20 Å². The number of H-pyrrole nitrogens is 1. The Morgan fingerprint density at radius 2 is 1.94 bits per heavy atom. The fourth-order valence-electron chi connectivity index (χ4n) is 4.47. The van der Waals surface area contributed by atoms with E-state index in [0.29, 0.717) is 51.4 Å². The minimum absolute atomic E-state index is 0.0676. The zero-order valence-electron chi connectivity index (χ0n) is 19.4. The fourth-order valence-corrected chi connectivity index (χ4v) is 4.47. The number of anilines is 2. The van der Waals surface area contributed by atoms with Crippen molar-refractivity contribution in [2.75, 3.05) is 55.7 Å². The highest BCUT2D eigenvalue weighted by Gasteiger charge is 2.40. The summed E-state index contributed by atoms with van der Waals surface area (Å²) in [6.07, 6.45) is 0.590. The molecular formula is C22H25F3N8O3. The smallest absolute Gasteiger partial charge is 0.379 e. The maximum atomic E-state index is 13.4. The zero-order chi connectivity index (χ0) is 25.7. The van der Waals surface area contributed by atoms with E-state index < -0.39 is 17.3 Å². The van der Waals surface area contributed by atoms with E-state index in [1.807, 2.05) is 16.1 Å². The van der Waals surface area contributed by atoms with Gasteiger partial charge in [0.2, 0.25) is 5.91 Å². The van der Waals surface area contributed by atoms with E-state index in [1.165, 1.54) is 17.3 Å².